The van der Waals surface area contributed by atoms with Crippen LogP contribution in [0.25, 0.3) is 0 Å². The fourth-order valence-corrected chi connectivity index (χ4v) is 0.515. The Kier molecular flexibility index (Phi) is 7.77. The van der Waals surface area contributed by atoms with Crippen LogP contribution in [0, 0.1) is 0 Å². The summed E-state index contributed by atoms with van der Waals surface area (Å²) < 4.78 is 4.98. The number of rotatable bonds is 6. The summed E-state index contributed by atoms with van der Waals surface area (Å²) in [6.07, 6.45) is 2.00. The highest BCUT2D eigenvalue weighted by Gasteiger charge is 1.85. The fraction of sp³-hybridized carbons (Fsp3) is 1.00. The first-order valence-corrected chi connectivity index (χ1v) is 3.30. The molecule has 0 aliphatic heterocycles. The lowest BCUT2D eigenvalue weighted by atomic mass is 10.3. The zero-order valence-corrected chi connectivity index (χ0v) is 5.68. The second-order valence-corrected chi connectivity index (χ2v) is 1.83. The standard InChI is InChI=1S/C6H15NO2/c7-3-1-2-5-9-6-4-8/h8H,1-7H2. The van der Waals surface area contributed by atoms with Gasteiger partial charge in [-0.15, -0.1) is 0 Å². The largest absolute Gasteiger partial charge is 0.394 e. The first-order valence-electron chi connectivity index (χ1n) is 3.30. The molecule has 0 atom stereocenters. The van der Waals surface area contributed by atoms with Gasteiger partial charge in [0.2, 0.25) is 0 Å². The van der Waals surface area contributed by atoms with Gasteiger partial charge in [-0.1, -0.05) is 0 Å². The van der Waals surface area contributed by atoms with Gasteiger partial charge in [-0.3, -0.25) is 0 Å². The van der Waals surface area contributed by atoms with Crippen molar-refractivity contribution in [3.05, 3.63) is 0 Å². The number of aliphatic hydroxyl groups excluding tert-OH is 1. The van der Waals surface area contributed by atoms with Crippen LogP contribution in [0.3, 0.4) is 0 Å². The Labute approximate surface area is 55.8 Å². The van der Waals surface area contributed by atoms with Gasteiger partial charge < -0.3 is 15.6 Å². The van der Waals surface area contributed by atoms with Crippen molar-refractivity contribution in [2.24, 2.45) is 5.73 Å². The van der Waals surface area contributed by atoms with E-state index in [2.05, 4.69) is 0 Å². The van der Waals surface area contributed by atoms with Gasteiger partial charge in [-0.25, -0.2) is 0 Å². The van der Waals surface area contributed by atoms with Crippen LogP contribution < -0.4 is 5.73 Å². The van der Waals surface area contributed by atoms with Gasteiger partial charge in [-0.05, 0) is 19.4 Å². The van der Waals surface area contributed by atoms with Crippen LogP contribution >= 0.6 is 0 Å². The number of unbranched alkanes of at least 4 members (excludes halogenated alkanes) is 1. The number of ether oxygens (including phenoxy) is 1. The zero-order valence-electron chi connectivity index (χ0n) is 5.68. The molecule has 0 aliphatic rings. The fourth-order valence-electron chi connectivity index (χ4n) is 0.515. The number of hydrogen-bond donors (Lipinski definition) is 2. The molecule has 0 radical (unpaired) electrons. The zero-order chi connectivity index (χ0) is 6.95. The van der Waals surface area contributed by atoms with Crippen molar-refractivity contribution in [1.29, 1.82) is 0 Å². The molecule has 3 heteroatoms. The van der Waals surface area contributed by atoms with Crippen molar-refractivity contribution < 1.29 is 9.84 Å². The van der Waals surface area contributed by atoms with E-state index in [9.17, 15) is 0 Å². The molecule has 0 heterocycles. The SMILES string of the molecule is NCCCCOCCO. The van der Waals surface area contributed by atoms with E-state index < -0.39 is 0 Å². The summed E-state index contributed by atoms with van der Waals surface area (Å²) in [4.78, 5) is 0. The third-order valence-corrected chi connectivity index (χ3v) is 0.978. The van der Waals surface area contributed by atoms with E-state index >= 15 is 0 Å². The molecule has 0 aromatic rings. The van der Waals surface area contributed by atoms with Crippen molar-refractivity contribution >= 4 is 0 Å². The van der Waals surface area contributed by atoms with E-state index in [0.717, 1.165) is 26.0 Å². The number of hydrogen-bond acceptors (Lipinski definition) is 3. The quantitative estimate of drug-likeness (QED) is 0.490. The minimum absolute atomic E-state index is 0.114. The van der Waals surface area contributed by atoms with Gasteiger partial charge >= 0.3 is 0 Å². The van der Waals surface area contributed by atoms with Gasteiger partial charge in [0.1, 0.15) is 0 Å². The molecule has 9 heavy (non-hydrogen) atoms. The summed E-state index contributed by atoms with van der Waals surface area (Å²) in [5.74, 6) is 0. The Bertz CT molecular complexity index is 44.3. The third-order valence-electron chi connectivity index (χ3n) is 0.978. The van der Waals surface area contributed by atoms with Crippen LogP contribution in [0.4, 0.5) is 0 Å². The summed E-state index contributed by atoms with van der Waals surface area (Å²) in [5.41, 5.74) is 5.24. The van der Waals surface area contributed by atoms with E-state index in [1.165, 1.54) is 0 Å². The minimum Gasteiger partial charge on any atom is -0.394 e. The van der Waals surface area contributed by atoms with Gasteiger partial charge in [0.05, 0.1) is 13.2 Å². The molecule has 0 aromatic carbocycles. The molecule has 0 spiro atoms. The van der Waals surface area contributed by atoms with Crippen LogP contribution in [-0.4, -0.2) is 31.5 Å². The molecule has 3 nitrogen and oxygen atoms in total. The average molecular weight is 133 g/mol. The van der Waals surface area contributed by atoms with Crippen LogP contribution in [-0.2, 0) is 4.74 Å². The molecule has 56 valence electrons. The lowest BCUT2D eigenvalue weighted by molar-refractivity contribution is 0.0901. The van der Waals surface area contributed by atoms with Crippen LogP contribution in [0.1, 0.15) is 12.8 Å². The normalized spacial score (nSPS) is 10.0. The van der Waals surface area contributed by atoms with E-state index in [1.807, 2.05) is 0 Å². The molecule has 0 saturated carbocycles. The first kappa shape index (κ1) is 8.88. The molecular formula is C6H15NO2. The lowest BCUT2D eigenvalue weighted by Gasteiger charge is -1.98. The van der Waals surface area contributed by atoms with E-state index in [4.69, 9.17) is 15.6 Å². The molecule has 0 aromatic heterocycles. The van der Waals surface area contributed by atoms with Crippen LogP contribution in [0.15, 0.2) is 0 Å². The van der Waals surface area contributed by atoms with Crippen molar-refractivity contribution in [3.8, 4) is 0 Å². The van der Waals surface area contributed by atoms with E-state index in [0.29, 0.717) is 6.61 Å². The topological polar surface area (TPSA) is 55.5 Å². The second kappa shape index (κ2) is 7.88. The predicted molar refractivity (Wildman–Crippen MR) is 36.2 cm³/mol. The Balaban J connectivity index is 2.60. The predicted octanol–water partition coefficient (Wildman–Crippen LogP) is -0.266. The highest BCUT2D eigenvalue weighted by molar-refractivity contribution is 4.38. The van der Waals surface area contributed by atoms with Gasteiger partial charge in [0.25, 0.3) is 0 Å². The Morgan fingerprint density at radius 1 is 1.22 bits per heavy atom. The van der Waals surface area contributed by atoms with Gasteiger partial charge in [0, 0.05) is 6.61 Å². The van der Waals surface area contributed by atoms with Crippen molar-refractivity contribution in [1.82, 2.24) is 0 Å². The minimum atomic E-state index is 0.114. The number of nitrogens with two attached hydrogens (primary N) is 1. The molecule has 0 unspecified atom stereocenters. The molecule has 0 rings (SSSR count). The summed E-state index contributed by atoms with van der Waals surface area (Å²) in [6, 6.07) is 0. The third kappa shape index (κ3) is 7.88. The Morgan fingerprint density at radius 2 is 2.00 bits per heavy atom. The van der Waals surface area contributed by atoms with Crippen LogP contribution in [0.5, 0.6) is 0 Å². The Hall–Kier alpha value is -0.120. The van der Waals surface area contributed by atoms with Crippen molar-refractivity contribution in [2.45, 2.75) is 12.8 Å². The molecule has 0 amide bonds. The molecule has 0 bridgehead atoms. The maximum absolute atomic E-state index is 8.27. The second-order valence-electron chi connectivity index (χ2n) is 1.83. The monoisotopic (exact) mass is 133 g/mol. The van der Waals surface area contributed by atoms with Crippen molar-refractivity contribution in [2.75, 3.05) is 26.4 Å². The number of aliphatic hydroxyl groups is 1. The highest BCUT2D eigenvalue weighted by atomic mass is 16.5. The summed E-state index contributed by atoms with van der Waals surface area (Å²) in [5, 5.41) is 8.27. The smallest absolute Gasteiger partial charge is 0.0697 e. The summed E-state index contributed by atoms with van der Waals surface area (Å²) in [7, 11) is 0. The highest BCUT2D eigenvalue weighted by Crippen LogP contribution is 1.85. The van der Waals surface area contributed by atoms with E-state index in [-0.39, 0.29) is 6.61 Å². The molecule has 0 saturated heterocycles. The molecule has 0 aliphatic carbocycles. The lowest BCUT2D eigenvalue weighted by Crippen LogP contribution is -2.04. The van der Waals surface area contributed by atoms with Crippen molar-refractivity contribution in [3.63, 3.8) is 0 Å². The average Bonchev–Trinajstić information content (AvgIpc) is 1.89. The maximum atomic E-state index is 8.27. The van der Waals surface area contributed by atoms with Gasteiger partial charge in [-0.2, -0.15) is 0 Å². The van der Waals surface area contributed by atoms with E-state index in [1.54, 1.807) is 0 Å². The molecule has 0 fully saturated rings. The summed E-state index contributed by atoms with van der Waals surface area (Å²) in [6.45, 7) is 2.01. The Morgan fingerprint density at radius 3 is 2.56 bits per heavy atom. The summed E-state index contributed by atoms with van der Waals surface area (Å²) >= 11 is 0. The molecule has 3 N–H and O–H groups in total. The molecular weight excluding hydrogens is 118 g/mol. The first-order chi connectivity index (χ1) is 4.41. The maximum Gasteiger partial charge on any atom is 0.0697 e. The van der Waals surface area contributed by atoms with Gasteiger partial charge in [0.15, 0.2) is 0 Å². The van der Waals surface area contributed by atoms with Crippen LogP contribution in [0.2, 0.25) is 0 Å².